The molecule has 1 aromatic carbocycles. The van der Waals surface area contributed by atoms with Crippen LogP contribution in [-0.4, -0.2) is 24.8 Å². The zero-order valence-corrected chi connectivity index (χ0v) is 12.2. The van der Waals surface area contributed by atoms with Gasteiger partial charge in [-0.1, -0.05) is 29.8 Å². The molecule has 0 spiro atoms. The molecule has 2 nitrogen and oxygen atoms in total. The number of rotatable bonds is 4. The minimum absolute atomic E-state index is 0.416. The van der Waals surface area contributed by atoms with Gasteiger partial charge in [-0.15, -0.1) is 0 Å². The van der Waals surface area contributed by atoms with Crippen molar-refractivity contribution < 1.29 is 4.74 Å². The summed E-state index contributed by atoms with van der Waals surface area (Å²) in [5.74, 6) is 0.628. The summed E-state index contributed by atoms with van der Waals surface area (Å²) in [4.78, 5) is 0. The van der Waals surface area contributed by atoms with E-state index >= 15 is 0 Å². The molecule has 3 rings (SSSR count). The largest absolute Gasteiger partial charge is 0.377 e. The zero-order valence-electron chi connectivity index (χ0n) is 11.4. The molecule has 1 N–H and O–H groups in total. The fraction of sp³-hybridized carbons (Fsp3) is 0.625. The number of hydrogen-bond acceptors (Lipinski definition) is 2. The second-order valence-electron chi connectivity index (χ2n) is 5.89. The third kappa shape index (κ3) is 2.96. The summed E-state index contributed by atoms with van der Waals surface area (Å²) < 4.78 is 5.73. The van der Waals surface area contributed by atoms with E-state index in [0.29, 0.717) is 24.1 Å². The minimum Gasteiger partial charge on any atom is -0.377 e. The Morgan fingerprint density at radius 3 is 2.79 bits per heavy atom. The van der Waals surface area contributed by atoms with E-state index in [9.17, 15) is 0 Å². The molecule has 0 bridgehead atoms. The molecule has 0 radical (unpaired) electrons. The number of halogens is 1. The molecule has 3 heteroatoms. The summed E-state index contributed by atoms with van der Waals surface area (Å²) in [5, 5.41) is 4.62. The highest BCUT2D eigenvalue weighted by Crippen LogP contribution is 2.40. The first kappa shape index (κ1) is 13.4. The van der Waals surface area contributed by atoms with Crippen molar-refractivity contribution in [3.63, 3.8) is 0 Å². The molecule has 0 aromatic heterocycles. The van der Waals surface area contributed by atoms with E-state index < -0.39 is 0 Å². The standard InChI is InChI=1S/C16H22ClNO/c1-11(16-7-4-8-19-16)18-13-9-12(10-13)14-5-2-3-6-15(14)17/h2-3,5-6,11-13,16,18H,4,7-10H2,1H3. The van der Waals surface area contributed by atoms with Crippen LogP contribution in [0.2, 0.25) is 5.02 Å². The van der Waals surface area contributed by atoms with Crippen LogP contribution in [0.4, 0.5) is 0 Å². The Bertz CT molecular complexity index is 425. The normalized spacial score (nSPS) is 32.0. The van der Waals surface area contributed by atoms with Crippen molar-refractivity contribution in [2.24, 2.45) is 0 Å². The lowest BCUT2D eigenvalue weighted by Gasteiger charge is -2.39. The maximum absolute atomic E-state index is 6.25. The Morgan fingerprint density at radius 2 is 2.11 bits per heavy atom. The van der Waals surface area contributed by atoms with E-state index in [0.717, 1.165) is 11.6 Å². The van der Waals surface area contributed by atoms with Crippen LogP contribution in [0.25, 0.3) is 0 Å². The molecule has 1 aliphatic carbocycles. The second-order valence-corrected chi connectivity index (χ2v) is 6.30. The Hall–Kier alpha value is -0.570. The van der Waals surface area contributed by atoms with Gasteiger partial charge in [0.15, 0.2) is 0 Å². The predicted molar refractivity (Wildman–Crippen MR) is 78.8 cm³/mol. The van der Waals surface area contributed by atoms with Gasteiger partial charge in [0, 0.05) is 23.7 Å². The SMILES string of the molecule is CC(NC1CC(c2ccccc2Cl)C1)C1CCCO1. The van der Waals surface area contributed by atoms with Gasteiger partial charge in [0.05, 0.1) is 6.10 Å². The predicted octanol–water partition coefficient (Wildman–Crippen LogP) is 3.74. The van der Waals surface area contributed by atoms with Crippen LogP contribution in [0.3, 0.4) is 0 Å². The van der Waals surface area contributed by atoms with E-state index in [1.807, 2.05) is 12.1 Å². The third-order valence-electron chi connectivity index (χ3n) is 4.50. The van der Waals surface area contributed by atoms with Crippen LogP contribution in [0.5, 0.6) is 0 Å². The molecular formula is C16H22ClNO. The van der Waals surface area contributed by atoms with Gasteiger partial charge < -0.3 is 10.1 Å². The fourth-order valence-electron chi connectivity index (χ4n) is 3.29. The molecule has 19 heavy (non-hydrogen) atoms. The lowest BCUT2D eigenvalue weighted by atomic mass is 9.75. The van der Waals surface area contributed by atoms with E-state index in [-0.39, 0.29) is 0 Å². The molecule has 1 heterocycles. The van der Waals surface area contributed by atoms with E-state index in [1.165, 1.54) is 31.2 Å². The van der Waals surface area contributed by atoms with Crippen molar-refractivity contribution in [2.75, 3.05) is 6.61 Å². The smallest absolute Gasteiger partial charge is 0.0726 e. The highest BCUT2D eigenvalue weighted by Gasteiger charge is 2.34. The molecule has 1 aliphatic heterocycles. The molecule has 1 saturated heterocycles. The van der Waals surface area contributed by atoms with Crippen LogP contribution in [-0.2, 0) is 4.74 Å². The molecule has 0 amide bonds. The van der Waals surface area contributed by atoms with Gasteiger partial charge >= 0.3 is 0 Å². The van der Waals surface area contributed by atoms with Crippen molar-refractivity contribution in [1.29, 1.82) is 0 Å². The molecular weight excluding hydrogens is 258 g/mol. The summed E-state index contributed by atoms with van der Waals surface area (Å²) in [6, 6.07) is 9.33. The average molecular weight is 280 g/mol. The third-order valence-corrected chi connectivity index (χ3v) is 4.85. The number of benzene rings is 1. The summed E-state index contributed by atoms with van der Waals surface area (Å²) >= 11 is 6.25. The quantitative estimate of drug-likeness (QED) is 0.906. The lowest BCUT2D eigenvalue weighted by Crippen LogP contribution is -2.48. The highest BCUT2D eigenvalue weighted by molar-refractivity contribution is 6.31. The Labute approximate surface area is 120 Å². The summed E-state index contributed by atoms with van der Waals surface area (Å²) in [5.41, 5.74) is 1.31. The van der Waals surface area contributed by atoms with Crippen molar-refractivity contribution in [1.82, 2.24) is 5.32 Å². The molecule has 1 saturated carbocycles. The van der Waals surface area contributed by atoms with Gasteiger partial charge in [0.1, 0.15) is 0 Å². The topological polar surface area (TPSA) is 21.3 Å². The highest BCUT2D eigenvalue weighted by atomic mass is 35.5. The van der Waals surface area contributed by atoms with Crippen molar-refractivity contribution in [3.8, 4) is 0 Å². The summed E-state index contributed by atoms with van der Waals surface area (Å²) in [6.07, 6.45) is 5.22. The number of nitrogens with one attached hydrogen (secondary N) is 1. The number of ether oxygens (including phenoxy) is 1. The molecule has 2 aliphatic rings. The maximum Gasteiger partial charge on any atom is 0.0726 e. The first-order valence-corrected chi connectivity index (χ1v) is 7.74. The van der Waals surface area contributed by atoms with Crippen molar-refractivity contribution in [3.05, 3.63) is 34.9 Å². The van der Waals surface area contributed by atoms with E-state index in [2.05, 4.69) is 24.4 Å². The number of hydrogen-bond donors (Lipinski definition) is 1. The molecule has 2 atom stereocenters. The van der Waals surface area contributed by atoms with Gasteiger partial charge in [-0.2, -0.15) is 0 Å². The minimum atomic E-state index is 0.416. The molecule has 2 fully saturated rings. The van der Waals surface area contributed by atoms with Gasteiger partial charge in [0.2, 0.25) is 0 Å². The van der Waals surface area contributed by atoms with Crippen LogP contribution < -0.4 is 5.32 Å². The molecule has 2 unspecified atom stereocenters. The first-order chi connectivity index (χ1) is 9.24. The van der Waals surface area contributed by atoms with Gasteiger partial charge in [-0.25, -0.2) is 0 Å². The van der Waals surface area contributed by atoms with Gasteiger partial charge in [-0.3, -0.25) is 0 Å². The monoisotopic (exact) mass is 279 g/mol. The van der Waals surface area contributed by atoms with E-state index in [4.69, 9.17) is 16.3 Å². The Balaban J connectivity index is 1.49. The fourth-order valence-corrected chi connectivity index (χ4v) is 3.58. The molecule has 104 valence electrons. The lowest BCUT2D eigenvalue weighted by molar-refractivity contribution is 0.0731. The van der Waals surface area contributed by atoms with Crippen LogP contribution in [0.1, 0.15) is 44.1 Å². The van der Waals surface area contributed by atoms with Crippen LogP contribution in [0, 0.1) is 0 Å². The van der Waals surface area contributed by atoms with Crippen molar-refractivity contribution in [2.45, 2.75) is 56.7 Å². The average Bonchev–Trinajstić information content (AvgIpc) is 2.88. The van der Waals surface area contributed by atoms with E-state index in [1.54, 1.807) is 0 Å². The Kier molecular flexibility index (Phi) is 4.11. The maximum atomic E-state index is 6.25. The molecule has 1 aromatic rings. The second kappa shape index (κ2) is 5.82. The van der Waals surface area contributed by atoms with Gasteiger partial charge in [-0.05, 0) is 50.2 Å². The van der Waals surface area contributed by atoms with Crippen LogP contribution in [0.15, 0.2) is 24.3 Å². The summed E-state index contributed by atoms with van der Waals surface area (Å²) in [6.45, 7) is 3.18. The zero-order chi connectivity index (χ0) is 13.2. The van der Waals surface area contributed by atoms with Gasteiger partial charge in [0.25, 0.3) is 0 Å². The Morgan fingerprint density at radius 1 is 1.32 bits per heavy atom. The summed E-state index contributed by atoms with van der Waals surface area (Å²) in [7, 11) is 0. The van der Waals surface area contributed by atoms with Crippen molar-refractivity contribution >= 4 is 11.6 Å². The first-order valence-electron chi connectivity index (χ1n) is 7.36. The van der Waals surface area contributed by atoms with Crippen LogP contribution >= 0.6 is 11.6 Å².